The molecule has 18 heavy (non-hydrogen) atoms. The van der Waals surface area contributed by atoms with E-state index in [1.165, 1.54) is 0 Å². The summed E-state index contributed by atoms with van der Waals surface area (Å²) in [4.78, 5) is 22.6. The SMILES string of the molecule is CCOC(=O)CCCCC(=O)C(C)(C)C(C)(C)Cl. The van der Waals surface area contributed by atoms with Crippen LogP contribution >= 0.6 is 11.6 Å². The molecule has 0 aliphatic heterocycles. The summed E-state index contributed by atoms with van der Waals surface area (Å²) in [7, 11) is 0. The molecule has 0 aromatic heterocycles. The fourth-order valence-electron chi connectivity index (χ4n) is 1.43. The highest BCUT2D eigenvalue weighted by Gasteiger charge is 2.40. The lowest BCUT2D eigenvalue weighted by Gasteiger charge is -2.35. The number of alkyl halides is 1. The zero-order valence-electron chi connectivity index (χ0n) is 12.1. The molecule has 0 aromatic carbocycles. The second-order valence-corrected chi connectivity index (χ2v) is 6.48. The summed E-state index contributed by atoms with van der Waals surface area (Å²) in [5.41, 5.74) is -0.557. The molecule has 0 spiro atoms. The van der Waals surface area contributed by atoms with Crippen molar-refractivity contribution in [3.8, 4) is 0 Å². The van der Waals surface area contributed by atoms with Crippen molar-refractivity contribution in [1.82, 2.24) is 0 Å². The molecule has 0 radical (unpaired) electrons. The van der Waals surface area contributed by atoms with Gasteiger partial charge in [-0.25, -0.2) is 0 Å². The van der Waals surface area contributed by atoms with Crippen molar-refractivity contribution in [2.75, 3.05) is 6.61 Å². The van der Waals surface area contributed by atoms with Gasteiger partial charge in [-0.15, -0.1) is 11.6 Å². The molecule has 0 amide bonds. The number of ketones is 1. The Morgan fingerprint density at radius 2 is 1.56 bits per heavy atom. The maximum atomic E-state index is 12.1. The Morgan fingerprint density at radius 1 is 1.06 bits per heavy atom. The van der Waals surface area contributed by atoms with Gasteiger partial charge in [0.1, 0.15) is 5.78 Å². The number of carbonyl (C=O) groups is 2. The molecule has 0 unspecified atom stereocenters. The highest BCUT2D eigenvalue weighted by Crippen LogP contribution is 2.38. The number of hydrogen-bond donors (Lipinski definition) is 0. The summed E-state index contributed by atoms with van der Waals surface area (Å²) >= 11 is 6.23. The smallest absolute Gasteiger partial charge is 0.305 e. The predicted molar refractivity (Wildman–Crippen MR) is 73.8 cm³/mol. The Morgan fingerprint density at radius 3 is 2.00 bits per heavy atom. The molecule has 0 N–H and O–H groups in total. The lowest BCUT2D eigenvalue weighted by Crippen LogP contribution is -2.40. The molecule has 0 rings (SSSR count). The summed E-state index contributed by atoms with van der Waals surface area (Å²) in [5, 5.41) is 0. The van der Waals surface area contributed by atoms with Crippen molar-refractivity contribution in [3.05, 3.63) is 0 Å². The van der Waals surface area contributed by atoms with Crippen molar-refractivity contribution in [3.63, 3.8) is 0 Å². The third-order valence-electron chi connectivity index (χ3n) is 3.52. The van der Waals surface area contributed by atoms with Gasteiger partial charge in [-0.2, -0.15) is 0 Å². The predicted octanol–water partition coefficient (Wildman–Crippen LogP) is 3.72. The van der Waals surface area contributed by atoms with Crippen LogP contribution < -0.4 is 0 Å². The van der Waals surface area contributed by atoms with Crippen LogP contribution in [-0.2, 0) is 14.3 Å². The topological polar surface area (TPSA) is 43.4 Å². The summed E-state index contributed by atoms with van der Waals surface area (Å²) in [6.45, 7) is 9.63. The van der Waals surface area contributed by atoms with Gasteiger partial charge in [0.25, 0.3) is 0 Å². The highest BCUT2D eigenvalue weighted by atomic mass is 35.5. The Bertz CT molecular complexity index is 290. The van der Waals surface area contributed by atoms with Gasteiger partial charge in [-0.05, 0) is 33.6 Å². The molecule has 4 heteroatoms. The standard InChI is InChI=1S/C14H25ClO3/c1-6-18-12(17)10-8-7-9-11(16)13(2,3)14(4,5)15/h6-10H2,1-5H3. The van der Waals surface area contributed by atoms with Crippen LogP contribution in [0.15, 0.2) is 0 Å². The second kappa shape index (κ2) is 7.13. The molecular weight excluding hydrogens is 252 g/mol. The molecule has 0 aliphatic carbocycles. The largest absolute Gasteiger partial charge is 0.466 e. The van der Waals surface area contributed by atoms with Gasteiger partial charge in [-0.1, -0.05) is 13.8 Å². The quantitative estimate of drug-likeness (QED) is 0.385. The van der Waals surface area contributed by atoms with Crippen molar-refractivity contribution in [2.24, 2.45) is 5.41 Å². The number of esters is 1. The molecular formula is C14H25ClO3. The fraction of sp³-hybridized carbons (Fsp3) is 0.857. The van der Waals surface area contributed by atoms with E-state index in [9.17, 15) is 9.59 Å². The van der Waals surface area contributed by atoms with Gasteiger partial charge < -0.3 is 4.74 Å². The van der Waals surface area contributed by atoms with E-state index in [4.69, 9.17) is 16.3 Å². The third kappa shape index (κ3) is 5.38. The van der Waals surface area contributed by atoms with Crippen molar-refractivity contribution < 1.29 is 14.3 Å². The summed E-state index contributed by atoms with van der Waals surface area (Å²) in [6, 6.07) is 0. The normalized spacial score (nSPS) is 12.3. The third-order valence-corrected chi connectivity index (χ3v) is 4.00. The monoisotopic (exact) mass is 276 g/mol. The van der Waals surface area contributed by atoms with E-state index in [0.29, 0.717) is 32.3 Å². The zero-order chi connectivity index (χ0) is 14.4. The number of hydrogen-bond acceptors (Lipinski definition) is 3. The second-order valence-electron chi connectivity index (χ2n) is 5.53. The summed E-state index contributed by atoms with van der Waals surface area (Å²) in [5.74, 6) is -0.0479. The minimum Gasteiger partial charge on any atom is -0.466 e. The first kappa shape index (κ1) is 17.4. The maximum Gasteiger partial charge on any atom is 0.305 e. The zero-order valence-corrected chi connectivity index (χ0v) is 12.9. The van der Waals surface area contributed by atoms with E-state index < -0.39 is 10.3 Å². The first-order valence-corrected chi connectivity index (χ1v) is 6.88. The number of carbonyl (C=O) groups excluding carboxylic acids is 2. The summed E-state index contributed by atoms with van der Waals surface area (Å²) in [6.07, 6.45) is 2.23. The number of halogens is 1. The van der Waals surface area contributed by atoms with E-state index in [1.54, 1.807) is 6.92 Å². The summed E-state index contributed by atoms with van der Waals surface area (Å²) < 4.78 is 4.83. The molecule has 0 atom stereocenters. The van der Waals surface area contributed by atoms with Gasteiger partial charge in [-0.3, -0.25) is 9.59 Å². The molecule has 0 saturated carbocycles. The lowest BCUT2D eigenvalue weighted by molar-refractivity contribution is -0.143. The van der Waals surface area contributed by atoms with Crippen molar-refractivity contribution in [1.29, 1.82) is 0 Å². The van der Waals surface area contributed by atoms with Crippen LogP contribution in [0, 0.1) is 5.41 Å². The minimum atomic E-state index is -0.564. The Labute approximate surface area is 115 Å². The molecule has 106 valence electrons. The highest BCUT2D eigenvalue weighted by molar-refractivity contribution is 6.25. The van der Waals surface area contributed by atoms with Gasteiger partial charge in [0.2, 0.25) is 0 Å². The molecule has 3 nitrogen and oxygen atoms in total. The first-order chi connectivity index (χ1) is 8.13. The van der Waals surface area contributed by atoms with Crippen molar-refractivity contribution in [2.45, 2.75) is 65.2 Å². The molecule has 0 saturated heterocycles. The molecule has 0 aromatic rings. The fourth-order valence-corrected chi connectivity index (χ4v) is 1.54. The van der Waals surface area contributed by atoms with E-state index in [-0.39, 0.29) is 11.8 Å². The molecule has 0 aliphatic rings. The van der Waals surface area contributed by atoms with Crippen LogP contribution in [0.25, 0.3) is 0 Å². The lowest BCUT2D eigenvalue weighted by atomic mass is 9.75. The maximum absolute atomic E-state index is 12.1. The van der Waals surface area contributed by atoms with Crippen LogP contribution in [0.2, 0.25) is 0 Å². The molecule has 0 fully saturated rings. The Hall–Kier alpha value is -0.570. The molecule has 0 heterocycles. The van der Waals surface area contributed by atoms with Crippen LogP contribution in [0.3, 0.4) is 0 Å². The number of Topliss-reactive ketones (excluding diaryl/α,β-unsaturated/α-hetero) is 1. The number of rotatable bonds is 8. The molecule has 0 bridgehead atoms. The van der Waals surface area contributed by atoms with E-state index in [2.05, 4.69) is 0 Å². The van der Waals surface area contributed by atoms with Crippen LogP contribution in [0.5, 0.6) is 0 Å². The van der Waals surface area contributed by atoms with Crippen molar-refractivity contribution >= 4 is 23.4 Å². The van der Waals surface area contributed by atoms with E-state index in [0.717, 1.165) is 0 Å². The average Bonchev–Trinajstić information content (AvgIpc) is 2.22. The van der Waals surface area contributed by atoms with Crippen LogP contribution in [-0.4, -0.2) is 23.2 Å². The van der Waals surface area contributed by atoms with Gasteiger partial charge in [0, 0.05) is 18.3 Å². The average molecular weight is 277 g/mol. The Balaban J connectivity index is 4.02. The van der Waals surface area contributed by atoms with Crippen LogP contribution in [0.1, 0.15) is 60.3 Å². The number of unbranched alkanes of at least 4 members (excludes halogenated alkanes) is 1. The van der Waals surface area contributed by atoms with Crippen LogP contribution in [0.4, 0.5) is 0 Å². The first-order valence-electron chi connectivity index (χ1n) is 6.50. The number of ether oxygens (including phenoxy) is 1. The minimum absolute atomic E-state index is 0.145. The Kier molecular flexibility index (Phi) is 6.90. The van der Waals surface area contributed by atoms with E-state index in [1.807, 2.05) is 27.7 Å². The van der Waals surface area contributed by atoms with Gasteiger partial charge in [0.15, 0.2) is 0 Å². The van der Waals surface area contributed by atoms with Gasteiger partial charge in [0.05, 0.1) is 11.5 Å². The van der Waals surface area contributed by atoms with E-state index >= 15 is 0 Å². The van der Waals surface area contributed by atoms with Gasteiger partial charge >= 0.3 is 5.97 Å².